The highest BCUT2D eigenvalue weighted by molar-refractivity contribution is 7.14. The molecule has 0 atom stereocenters. The molecule has 1 amide bonds. The Labute approximate surface area is 169 Å². The Bertz CT molecular complexity index is 1010. The molecule has 0 bridgehead atoms. The zero-order valence-corrected chi connectivity index (χ0v) is 16.0. The molecule has 29 heavy (non-hydrogen) atoms. The first-order chi connectivity index (χ1) is 13.9. The van der Waals surface area contributed by atoms with Crippen LogP contribution in [0.15, 0.2) is 53.9 Å². The van der Waals surface area contributed by atoms with Crippen molar-refractivity contribution in [2.24, 2.45) is 0 Å². The number of benzene rings is 2. The number of amides is 1. The molecule has 0 unspecified atom stereocenters. The molecule has 150 valence electrons. The van der Waals surface area contributed by atoms with Crippen LogP contribution in [0.25, 0.3) is 11.3 Å². The van der Waals surface area contributed by atoms with E-state index in [2.05, 4.69) is 15.0 Å². The number of rotatable bonds is 7. The smallest absolute Gasteiger partial charge is 0.387 e. The number of alkyl halides is 2. The van der Waals surface area contributed by atoms with Crippen LogP contribution in [0.5, 0.6) is 5.75 Å². The summed E-state index contributed by atoms with van der Waals surface area (Å²) in [5, 5.41) is 4.73. The Morgan fingerprint density at radius 1 is 1.17 bits per heavy atom. The van der Waals surface area contributed by atoms with Gasteiger partial charge in [0.2, 0.25) is 0 Å². The average molecular weight is 418 g/mol. The highest BCUT2D eigenvalue weighted by atomic mass is 32.1. The van der Waals surface area contributed by atoms with Crippen molar-refractivity contribution in [1.82, 2.24) is 4.98 Å². The number of carbonyl (C=O) groups is 2. The number of nitrogens with one attached hydrogen (secondary N) is 1. The summed E-state index contributed by atoms with van der Waals surface area (Å²) < 4.78 is 33.6. The van der Waals surface area contributed by atoms with Gasteiger partial charge >= 0.3 is 12.6 Å². The summed E-state index contributed by atoms with van der Waals surface area (Å²) in [6.07, 6.45) is 0. The van der Waals surface area contributed by atoms with Crippen LogP contribution in [0.2, 0.25) is 0 Å². The largest absolute Gasteiger partial charge is 0.452 e. The third-order valence-electron chi connectivity index (χ3n) is 3.73. The fourth-order valence-electron chi connectivity index (χ4n) is 2.36. The SMILES string of the molecule is Cc1ccc(-c2csc(NC(=O)COC(=O)c3cccc(OC(F)F)c3)n2)cc1. The minimum absolute atomic E-state index is 0.00754. The van der Waals surface area contributed by atoms with E-state index in [0.717, 1.165) is 22.9 Å². The van der Waals surface area contributed by atoms with Gasteiger partial charge in [0, 0.05) is 10.9 Å². The van der Waals surface area contributed by atoms with Gasteiger partial charge in [-0.15, -0.1) is 11.3 Å². The minimum Gasteiger partial charge on any atom is -0.452 e. The van der Waals surface area contributed by atoms with Gasteiger partial charge in [-0.2, -0.15) is 8.78 Å². The molecule has 0 aliphatic carbocycles. The standard InChI is InChI=1S/C20H16F2N2O4S/c1-12-5-7-13(8-6-12)16-11-29-20(23-16)24-17(25)10-27-18(26)14-3-2-4-15(9-14)28-19(21)22/h2-9,11,19H,10H2,1H3,(H,23,24,25). The van der Waals surface area contributed by atoms with Gasteiger partial charge in [0.15, 0.2) is 11.7 Å². The van der Waals surface area contributed by atoms with E-state index in [9.17, 15) is 18.4 Å². The fourth-order valence-corrected chi connectivity index (χ4v) is 3.09. The van der Waals surface area contributed by atoms with Crippen LogP contribution in [0.1, 0.15) is 15.9 Å². The first-order valence-corrected chi connectivity index (χ1v) is 9.33. The molecule has 0 saturated carbocycles. The second-order valence-corrected chi connectivity index (χ2v) is 6.79. The highest BCUT2D eigenvalue weighted by Gasteiger charge is 2.14. The third-order valence-corrected chi connectivity index (χ3v) is 4.48. The van der Waals surface area contributed by atoms with E-state index >= 15 is 0 Å². The van der Waals surface area contributed by atoms with Crippen LogP contribution in [0.4, 0.5) is 13.9 Å². The molecule has 0 aliphatic rings. The van der Waals surface area contributed by atoms with E-state index in [1.807, 2.05) is 31.2 Å². The van der Waals surface area contributed by atoms with Crippen molar-refractivity contribution in [3.05, 3.63) is 65.0 Å². The zero-order valence-electron chi connectivity index (χ0n) is 15.2. The molecule has 1 heterocycles. The Morgan fingerprint density at radius 2 is 1.93 bits per heavy atom. The Morgan fingerprint density at radius 3 is 2.66 bits per heavy atom. The molecule has 0 fully saturated rings. The second kappa shape index (κ2) is 9.24. The first kappa shape index (κ1) is 20.4. The fraction of sp³-hybridized carbons (Fsp3) is 0.150. The maximum absolute atomic E-state index is 12.2. The molecule has 3 aromatic rings. The summed E-state index contributed by atoms with van der Waals surface area (Å²) in [7, 11) is 0. The van der Waals surface area contributed by atoms with E-state index < -0.39 is 25.1 Å². The third kappa shape index (κ3) is 5.82. The molecule has 0 aliphatic heterocycles. The lowest BCUT2D eigenvalue weighted by Crippen LogP contribution is -2.20. The number of aromatic nitrogens is 1. The van der Waals surface area contributed by atoms with Gasteiger partial charge in [-0.3, -0.25) is 10.1 Å². The van der Waals surface area contributed by atoms with E-state index in [4.69, 9.17) is 4.74 Å². The quantitative estimate of drug-likeness (QED) is 0.571. The van der Waals surface area contributed by atoms with Crippen molar-refractivity contribution in [2.75, 3.05) is 11.9 Å². The molecule has 3 rings (SSSR count). The van der Waals surface area contributed by atoms with Gasteiger partial charge in [0.25, 0.3) is 5.91 Å². The van der Waals surface area contributed by atoms with Crippen LogP contribution in [-0.4, -0.2) is 30.1 Å². The summed E-state index contributed by atoms with van der Waals surface area (Å²) in [6, 6.07) is 12.9. The number of esters is 1. The van der Waals surface area contributed by atoms with E-state index in [0.29, 0.717) is 5.13 Å². The monoisotopic (exact) mass is 418 g/mol. The number of aryl methyl sites for hydroxylation is 1. The minimum atomic E-state index is -3.00. The van der Waals surface area contributed by atoms with Crippen LogP contribution >= 0.6 is 11.3 Å². The van der Waals surface area contributed by atoms with Crippen LogP contribution in [0.3, 0.4) is 0 Å². The molecule has 0 spiro atoms. The molecule has 0 radical (unpaired) electrons. The number of halogens is 2. The Kier molecular flexibility index (Phi) is 6.50. The number of thiazole rings is 1. The lowest BCUT2D eigenvalue weighted by molar-refractivity contribution is -0.119. The summed E-state index contributed by atoms with van der Waals surface area (Å²) in [4.78, 5) is 28.3. The van der Waals surface area contributed by atoms with Gasteiger partial charge in [-0.1, -0.05) is 35.9 Å². The Hall–Kier alpha value is -3.33. The number of nitrogens with zero attached hydrogens (tertiary/aromatic N) is 1. The van der Waals surface area contributed by atoms with Crippen molar-refractivity contribution < 1.29 is 27.8 Å². The van der Waals surface area contributed by atoms with E-state index in [1.54, 1.807) is 5.38 Å². The topological polar surface area (TPSA) is 77.5 Å². The number of hydrogen-bond acceptors (Lipinski definition) is 6. The number of carbonyl (C=O) groups excluding carboxylic acids is 2. The molecule has 1 N–H and O–H groups in total. The number of anilines is 1. The Balaban J connectivity index is 1.54. The molecule has 9 heteroatoms. The van der Waals surface area contributed by atoms with Gasteiger partial charge in [-0.25, -0.2) is 9.78 Å². The van der Waals surface area contributed by atoms with Crippen LogP contribution in [0, 0.1) is 6.92 Å². The maximum Gasteiger partial charge on any atom is 0.387 e. The summed E-state index contributed by atoms with van der Waals surface area (Å²) in [5.41, 5.74) is 2.76. The number of ether oxygens (including phenoxy) is 2. The lowest BCUT2D eigenvalue weighted by Gasteiger charge is -2.07. The molecule has 1 aromatic heterocycles. The maximum atomic E-state index is 12.2. The van der Waals surface area contributed by atoms with Gasteiger partial charge < -0.3 is 9.47 Å². The molecule has 2 aromatic carbocycles. The lowest BCUT2D eigenvalue weighted by atomic mass is 10.1. The van der Waals surface area contributed by atoms with Gasteiger partial charge in [0.1, 0.15) is 5.75 Å². The zero-order chi connectivity index (χ0) is 20.8. The van der Waals surface area contributed by atoms with E-state index in [-0.39, 0.29) is 11.3 Å². The number of hydrogen-bond donors (Lipinski definition) is 1. The van der Waals surface area contributed by atoms with Gasteiger partial charge in [0.05, 0.1) is 11.3 Å². The van der Waals surface area contributed by atoms with Crippen molar-refractivity contribution in [2.45, 2.75) is 13.5 Å². The van der Waals surface area contributed by atoms with Crippen molar-refractivity contribution >= 4 is 28.3 Å². The summed E-state index contributed by atoms with van der Waals surface area (Å²) in [6.45, 7) is -1.56. The normalized spacial score (nSPS) is 10.6. The van der Waals surface area contributed by atoms with Crippen molar-refractivity contribution in [3.8, 4) is 17.0 Å². The van der Waals surface area contributed by atoms with Crippen molar-refractivity contribution in [3.63, 3.8) is 0 Å². The predicted molar refractivity (Wildman–Crippen MR) is 104 cm³/mol. The van der Waals surface area contributed by atoms with E-state index in [1.165, 1.54) is 29.5 Å². The summed E-state index contributed by atoms with van der Waals surface area (Å²) >= 11 is 1.24. The summed E-state index contributed by atoms with van der Waals surface area (Å²) in [5.74, 6) is -1.58. The van der Waals surface area contributed by atoms with Crippen LogP contribution < -0.4 is 10.1 Å². The second-order valence-electron chi connectivity index (χ2n) is 5.93. The molecule has 6 nitrogen and oxygen atoms in total. The average Bonchev–Trinajstić information content (AvgIpc) is 3.14. The van der Waals surface area contributed by atoms with Crippen molar-refractivity contribution in [1.29, 1.82) is 0 Å². The van der Waals surface area contributed by atoms with Gasteiger partial charge in [-0.05, 0) is 25.1 Å². The van der Waals surface area contributed by atoms with Crippen LogP contribution in [-0.2, 0) is 9.53 Å². The molecule has 0 saturated heterocycles. The highest BCUT2D eigenvalue weighted by Crippen LogP contribution is 2.25. The molecular weight excluding hydrogens is 402 g/mol. The predicted octanol–water partition coefficient (Wildman–Crippen LogP) is 4.52. The first-order valence-electron chi connectivity index (χ1n) is 8.45. The molecular formula is C20H16F2N2O4S.